The first-order chi connectivity index (χ1) is 6.09. The summed E-state index contributed by atoms with van der Waals surface area (Å²) in [5, 5.41) is 0.820. The van der Waals surface area contributed by atoms with E-state index in [1.165, 1.54) is 0 Å². The van der Waals surface area contributed by atoms with Gasteiger partial charge in [0.05, 0.1) is 15.6 Å². The van der Waals surface area contributed by atoms with Crippen LogP contribution in [-0.4, -0.2) is 4.98 Å². The molecule has 13 heavy (non-hydrogen) atoms. The van der Waals surface area contributed by atoms with Crippen LogP contribution < -0.4 is 5.76 Å². The van der Waals surface area contributed by atoms with Gasteiger partial charge in [0.25, 0.3) is 0 Å². The molecule has 0 spiro atoms. The Morgan fingerprint density at radius 2 is 2.15 bits per heavy atom. The third-order valence-electron chi connectivity index (χ3n) is 1.83. The molecule has 0 unspecified atom stereocenters. The molecule has 68 valence electrons. The average Bonchev–Trinajstić information content (AvgIpc) is 2.42. The van der Waals surface area contributed by atoms with Crippen LogP contribution >= 0.6 is 23.2 Å². The minimum atomic E-state index is -0.503. The zero-order chi connectivity index (χ0) is 9.59. The third-order valence-corrected chi connectivity index (χ3v) is 2.71. The van der Waals surface area contributed by atoms with Crippen molar-refractivity contribution in [1.82, 2.24) is 4.98 Å². The highest BCUT2D eigenvalue weighted by molar-refractivity contribution is 6.43. The molecule has 0 aliphatic rings. The normalized spacial score (nSPS) is 11.0. The largest absolute Gasteiger partial charge is 0.417 e. The average molecular weight is 218 g/mol. The van der Waals surface area contributed by atoms with Crippen LogP contribution in [0.5, 0.6) is 0 Å². The number of aromatic amines is 1. The van der Waals surface area contributed by atoms with E-state index in [0.717, 1.165) is 0 Å². The molecule has 0 saturated carbocycles. The van der Waals surface area contributed by atoms with Crippen LogP contribution in [0.4, 0.5) is 0 Å². The smallest absolute Gasteiger partial charge is 0.408 e. The highest BCUT2D eigenvalue weighted by Gasteiger charge is 2.10. The highest BCUT2D eigenvalue weighted by atomic mass is 35.5. The predicted octanol–water partition coefficient (Wildman–Crippen LogP) is 2.74. The molecular formula is C8H5Cl2NO2. The van der Waals surface area contributed by atoms with Crippen molar-refractivity contribution in [3.05, 3.63) is 32.2 Å². The maximum atomic E-state index is 10.9. The van der Waals surface area contributed by atoms with Crippen LogP contribution in [0.15, 0.2) is 15.3 Å². The number of nitrogens with one attached hydrogen (secondary N) is 1. The Morgan fingerprint density at radius 3 is 2.85 bits per heavy atom. The molecule has 1 heterocycles. The number of benzene rings is 1. The number of hydrogen-bond donors (Lipinski definition) is 1. The van der Waals surface area contributed by atoms with Crippen LogP contribution in [0, 0.1) is 6.92 Å². The zero-order valence-corrected chi connectivity index (χ0v) is 8.16. The Morgan fingerprint density at radius 1 is 1.46 bits per heavy atom. The van der Waals surface area contributed by atoms with Crippen LogP contribution in [0.2, 0.25) is 10.0 Å². The fourth-order valence-corrected chi connectivity index (χ4v) is 1.58. The number of fused-ring (bicyclic) bond motifs is 1. The lowest BCUT2D eigenvalue weighted by Gasteiger charge is -1.99. The van der Waals surface area contributed by atoms with E-state index >= 15 is 0 Å². The van der Waals surface area contributed by atoms with E-state index in [9.17, 15) is 4.79 Å². The number of aryl methyl sites for hydroxylation is 1. The SMILES string of the molecule is Cc1c(Cl)c(Cl)cc2[nH]c(=O)oc12. The molecule has 0 bridgehead atoms. The monoisotopic (exact) mass is 217 g/mol. The van der Waals surface area contributed by atoms with Gasteiger partial charge in [0.1, 0.15) is 0 Å². The predicted molar refractivity (Wildman–Crippen MR) is 51.6 cm³/mol. The second-order valence-electron chi connectivity index (χ2n) is 2.69. The summed E-state index contributed by atoms with van der Waals surface area (Å²) < 4.78 is 4.88. The first-order valence-corrected chi connectivity index (χ1v) is 4.32. The van der Waals surface area contributed by atoms with Gasteiger partial charge in [-0.15, -0.1) is 0 Å². The third kappa shape index (κ3) is 1.24. The number of H-pyrrole nitrogens is 1. The van der Waals surface area contributed by atoms with Gasteiger partial charge in [-0.1, -0.05) is 23.2 Å². The van der Waals surface area contributed by atoms with Gasteiger partial charge in [0, 0.05) is 5.56 Å². The molecule has 0 aliphatic carbocycles. The Hall–Kier alpha value is -0.930. The van der Waals surface area contributed by atoms with Gasteiger partial charge in [-0.05, 0) is 13.0 Å². The van der Waals surface area contributed by atoms with Gasteiger partial charge >= 0.3 is 5.76 Å². The minimum absolute atomic E-state index is 0.406. The topological polar surface area (TPSA) is 46.0 Å². The Balaban J connectivity index is 3.00. The quantitative estimate of drug-likeness (QED) is 0.738. The maximum absolute atomic E-state index is 10.9. The Kier molecular flexibility index (Phi) is 1.86. The molecule has 0 atom stereocenters. The van der Waals surface area contributed by atoms with Crippen LogP contribution in [0.1, 0.15) is 5.56 Å². The Bertz CT molecular complexity index is 527. The summed E-state index contributed by atoms with van der Waals surface area (Å²) in [6, 6.07) is 1.57. The summed E-state index contributed by atoms with van der Waals surface area (Å²) in [4.78, 5) is 13.4. The summed E-state index contributed by atoms with van der Waals surface area (Å²) in [5.74, 6) is -0.503. The number of halogens is 2. The molecular weight excluding hydrogens is 213 g/mol. The van der Waals surface area contributed by atoms with E-state index in [4.69, 9.17) is 27.6 Å². The highest BCUT2D eigenvalue weighted by Crippen LogP contribution is 2.30. The molecule has 0 fully saturated rings. The first kappa shape index (κ1) is 8.66. The summed E-state index contributed by atoms with van der Waals surface area (Å²) in [7, 11) is 0. The van der Waals surface area contributed by atoms with Gasteiger partial charge in [-0.3, -0.25) is 4.98 Å². The fraction of sp³-hybridized carbons (Fsp3) is 0.125. The van der Waals surface area contributed by atoms with Gasteiger partial charge < -0.3 is 4.42 Å². The lowest BCUT2D eigenvalue weighted by atomic mass is 10.2. The van der Waals surface area contributed by atoms with Gasteiger partial charge in [-0.2, -0.15) is 0 Å². The summed E-state index contributed by atoms with van der Waals surface area (Å²) in [6.07, 6.45) is 0. The molecule has 5 heteroatoms. The molecule has 1 aromatic carbocycles. The second kappa shape index (κ2) is 2.79. The molecule has 0 radical (unpaired) electrons. The van der Waals surface area contributed by atoms with E-state index < -0.39 is 5.76 Å². The van der Waals surface area contributed by atoms with Crippen molar-refractivity contribution in [2.24, 2.45) is 0 Å². The zero-order valence-electron chi connectivity index (χ0n) is 6.65. The van der Waals surface area contributed by atoms with E-state index in [1.807, 2.05) is 0 Å². The standard InChI is InChI=1S/C8H5Cl2NO2/c1-3-6(10)4(9)2-5-7(3)13-8(12)11-5/h2H,1H3,(H,11,12). The van der Waals surface area contributed by atoms with Gasteiger partial charge in [0.15, 0.2) is 5.58 Å². The van der Waals surface area contributed by atoms with Crippen LogP contribution in [0.25, 0.3) is 11.1 Å². The summed E-state index contributed by atoms with van der Waals surface area (Å²) >= 11 is 11.7. The number of hydrogen-bond acceptors (Lipinski definition) is 2. The van der Waals surface area contributed by atoms with Crippen molar-refractivity contribution in [2.45, 2.75) is 6.92 Å². The number of rotatable bonds is 0. The van der Waals surface area contributed by atoms with Crippen molar-refractivity contribution in [1.29, 1.82) is 0 Å². The number of aromatic nitrogens is 1. The van der Waals surface area contributed by atoms with Crippen LogP contribution in [0.3, 0.4) is 0 Å². The lowest BCUT2D eigenvalue weighted by molar-refractivity contribution is 0.553. The molecule has 1 aromatic heterocycles. The lowest BCUT2D eigenvalue weighted by Crippen LogP contribution is -1.92. The van der Waals surface area contributed by atoms with Crippen LogP contribution in [-0.2, 0) is 0 Å². The number of oxazole rings is 1. The van der Waals surface area contributed by atoms with Crippen molar-refractivity contribution in [3.63, 3.8) is 0 Å². The molecule has 0 aliphatic heterocycles. The van der Waals surface area contributed by atoms with E-state index in [0.29, 0.717) is 26.7 Å². The van der Waals surface area contributed by atoms with Crippen molar-refractivity contribution in [3.8, 4) is 0 Å². The van der Waals surface area contributed by atoms with Gasteiger partial charge in [0.2, 0.25) is 0 Å². The minimum Gasteiger partial charge on any atom is -0.408 e. The Labute approximate surface area is 83.3 Å². The van der Waals surface area contributed by atoms with Gasteiger partial charge in [-0.25, -0.2) is 4.79 Å². The first-order valence-electron chi connectivity index (χ1n) is 3.57. The summed E-state index contributed by atoms with van der Waals surface area (Å²) in [6.45, 7) is 1.74. The molecule has 0 saturated heterocycles. The van der Waals surface area contributed by atoms with E-state index in [2.05, 4.69) is 4.98 Å². The maximum Gasteiger partial charge on any atom is 0.417 e. The van der Waals surface area contributed by atoms with E-state index in [-0.39, 0.29) is 0 Å². The van der Waals surface area contributed by atoms with E-state index in [1.54, 1.807) is 13.0 Å². The molecule has 3 nitrogen and oxygen atoms in total. The molecule has 0 amide bonds. The molecule has 1 N–H and O–H groups in total. The van der Waals surface area contributed by atoms with Crippen molar-refractivity contribution in [2.75, 3.05) is 0 Å². The molecule has 2 rings (SSSR count). The second-order valence-corrected chi connectivity index (χ2v) is 3.47. The summed E-state index contributed by atoms with van der Waals surface area (Å²) in [5.41, 5.74) is 1.69. The van der Waals surface area contributed by atoms with Crippen molar-refractivity contribution >= 4 is 34.3 Å². The fourth-order valence-electron chi connectivity index (χ4n) is 1.19. The van der Waals surface area contributed by atoms with Crippen molar-refractivity contribution < 1.29 is 4.42 Å². The molecule has 2 aromatic rings.